The Bertz CT molecular complexity index is 489. The maximum atomic E-state index is 5.92. The van der Waals surface area contributed by atoms with Crippen molar-refractivity contribution in [2.24, 2.45) is 0 Å². The van der Waals surface area contributed by atoms with E-state index in [1.54, 1.807) is 14.2 Å². The molecule has 0 aromatic heterocycles. The fourth-order valence-electron chi connectivity index (χ4n) is 4.20. The molecule has 29 heavy (non-hydrogen) atoms. The first-order chi connectivity index (χ1) is 13.5. The third-order valence-electron chi connectivity index (χ3n) is 6.23. The van der Waals surface area contributed by atoms with Crippen molar-refractivity contribution >= 4 is 0 Å². The van der Waals surface area contributed by atoms with Crippen LogP contribution in [0.4, 0.5) is 0 Å². The van der Waals surface area contributed by atoms with Crippen LogP contribution in [-0.4, -0.2) is 25.6 Å². The normalized spacial score (nSPS) is 12.0. The Hall–Kier alpha value is -0.610. The molecule has 0 atom stereocenters. The number of unbranched alkanes of at least 4 members (excludes halogenated alkanes) is 11. The van der Waals surface area contributed by atoms with Gasteiger partial charge < -0.3 is 12.4 Å². The molecule has 0 bridgehead atoms. The molecule has 0 fully saturated rings. The van der Waals surface area contributed by atoms with E-state index in [0.717, 1.165) is 13.0 Å². The summed E-state index contributed by atoms with van der Waals surface area (Å²) < 4.78 is 0. The number of hydrogen-bond donors (Lipinski definition) is 0. The molecule has 1 aromatic carbocycles. The van der Waals surface area contributed by atoms with Crippen LogP contribution in [0.25, 0.3) is 0 Å². The molecular formula is C25H46ClNO2. The molecule has 0 saturated heterocycles. The van der Waals surface area contributed by atoms with Gasteiger partial charge in [0.2, 0.25) is 0 Å². The highest BCUT2D eigenvalue weighted by Gasteiger charge is 2.48. The Kier molecular flexibility index (Phi) is 15.8. The zero-order valence-corrected chi connectivity index (χ0v) is 20.5. The summed E-state index contributed by atoms with van der Waals surface area (Å²) in [6.45, 7) is 7.56. The molecule has 0 aliphatic carbocycles. The third-order valence-corrected chi connectivity index (χ3v) is 6.23. The number of hydrogen-bond acceptors (Lipinski definition) is 2. The van der Waals surface area contributed by atoms with Crippen LogP contribution in [0.15, 0.2) is 30.3 Å². The van der Waals surface area contributed by atoms with Crippen molar-refractivity contribution in [1.82, 2.24) is 0 Å². The molecule has 0 N–H and O–H groups in total. The van der Waals surface area contributed by atoms with Crippen LogP contribution >= 0.6 is 0 Å². The van der Waals surface area contributed by atoms with Gasteiger partial charge >= 0.3 is 0 Å². The smallest absolute Gasteiger partial charge is 0.181 e. The molecule has 1 aromatic rings. The van der Waals surface area contributed by atoms with Crippen molar-refractivity contribution in [3.05, 3.63) is 35.9 Å². The van der Waals surface area contributed by atoms with Gasteiger partial charge in [0, 0.05) is 25.8 Å². The number of quaternary nitrogens is 1. The minimum atomic E-state index is -0.261. The summed E-state index contributed by atoms with van der Waals surface area (Å²) >= 11 is 0. The van der Waals surface area contributed by atoms with Crippen LogP contribution in [0, 0.1) is 0 Å². The lowest BCUT2D eigenvalue weighted by atomic mass is 9.93. The molecule has 0 amide bonds. The molecule has 3 nitrogen and oxygen atoms in total. The van der Waals surface area contributed by atoms with E-state index in [1.807, 2.05) is 0 Å². The molecule has 0 aliphatic rings. The van der Waals surface area contributed by atoms with Crippen molar-refractivity contribution in [1.29, 1.82) is 0 Å². The highest BCUT2D eigenvalue weighted by molar-refractivity contribution is 5.20. The fraction of sp³-hybridized carbons (Fsp3) is 0.760. The lowest BCUT2D eigenvalue weighted by molar-refractivity contribution is -1.27. The van der Waals surface area contributed by atoms with Crippen LogP contribution < -0.4 is 12.4 Å². The lowest BCUT2D eigenvalue weighted by Crippen LogP contribution is -3.00. The van der Waals surface area contributed by atoms with E-state index in [2.05, 4.69) is 51.1 Å². The maximum Gasteiger partial charge on any atom is 0.181 e. The summed E-state index contributed by atoms with van der Waals surface area (Å²) in [7, 11) is 3.52. The summed E-state index contributed by atoms with van der Waals surface area (Å²) in [5, 5.41) is 0. The molecule has 170 valence electrons. The molecule has 1 rings (SSSR count). The zero-order chi connectivity index (χ0) is 20.7. The van der Waals surface area contributed by atoms with Gasteiger partial charge in [-0.3, -0.25) is 0 Å². The van der Waals surface area contributed by atoms with Gasteiger partial charge in [-0.25, -0.2) is 0 Å². The molecule has 0 aliphatic heterocycles. The molecule has 4 heteroatoms. The predicted molar refractivity (Wildman–Crippen MR) is 120 cm³/mol. The predicted octanol–water partition coefficient (Wildman–Crippen LogP) is 4.57. The van der Waals surface area contributed by atoms with Crippen LogP contribution in [0.2, 0.25) is 0 Å². The second-order valence-electron chi connectivity index (χ2n) is 8.58. The van der Waals surface area contributed by atoms with E-state index >= 15 is 0 Å². The summed E-state index contributed by atoms with van der Waals surface area (Å²) in [6.07, 6.45) is 16.3. The second kappa shape index (κ2) is 16.1. The average Bonchev–Trinajstić information content (AvgIpc) is 2.72. The van der Waals surface area contributed by atoms with Gasteiger partial charge in [0.1, 0.15) is 6.54 Å². The minimum absolute atomic E-state index is 0. The molecule has 0 spiro atoms. The molecule has 0 unspecified atom stereocenters. The monoisotopic (exact) mass is 427 g/mol. The van der Waals surface area contributed by atoms with E-state index in [0.29, 0.717) is 0 Å². The van der Waals surface area contributed by atoms with Crippen LogP contribution in [0.1, 0.15) is 103 Å². The first-order valence-corrected chi connectivity index (χ1v) is 11.6. The van der Waals surface area contributed by atoms with E-state index in [-0.39, 0.29) is 22.8 Å². The van der Waals surface area contributed by atoms with Gasteiger partial charge in [0.25, 0.3) is 0 Å². The van der Waals surface area contributed by atoms with Crippen LogP contribution in [0.3, 0.4) is 0 Å². The van der Waals surface area contributed by atoms with Gasteiger partial charge in [-0.2, -0.15) is 9.68 Å². The van der Waals surface area contributed by atoms with Gasteiger partial charge in [0.15, 0.2) is 5.54 Å². The topological polar surface area (TPSA) is 18.5 Å². The Labute approximate surface area is 187 Å². The molecular weight excluding hydrogens is 382 g/mol. The van der Waals surface area contributed by atoms with Crippen molar-refractivity contribution in [2.75, 3.05) is 20.8 Å². The first kappa shape index (κ1) is 28.4. The van der Waals surface area contributed by atoms with Gasteiger partial charge in [0.05, 0.1) is 14.2 Å². The largest absolute Gasteiger partial charge is 1.00 e. The zero-order valence-electron chi connectivity index (χ0n) is 19.7. The first-order valence-electron chi connectivity index (χ1n) is 11.6. The highest BCUT2D eigenvalue weighted by Crippen LogP contribution is 2.36. The summed E-state index contributed by atoms with van der Waals surface area (Å²) in [5.41, 5.74) is 0.973. The van der Waals surface area contributed by atoms with E-state index in [4.69, 9.17) is 9.68 Å². The summed E-state index contributed by atoms with van der Waals surface area (Å²) in [5.74, 6) is 0. The van der Waals surface area contributed by atoms with Gasteiger partial charge in [-0.15, -0.1) is 0 Å². The number of halogens is 1. The van der Waals surface area contributed by atoms with E-state index < -0.39 is 0 Å². The Morgan fingerprint density at radius 1 is 0.690 bits per heavy atom. The average molecular weight is 428 g/mol. The third kappa shape index (κ3) is 9.38. The van der Waals surface area contributed by atoms with Crippen molar-refractivity contribution < 1.29 is 26.9 Å². The Balaban J connectivity index is 0.00000784. The van der Waals surface area contributed by atoms with Crippen LogP contribution in [0.5, 0.6) is 0 Å². The number of rotatable bonds is 17. The standard InChI is InChI=1S/C25H46NO2.ClH/c1-6-7-8-9-10-11-12-13-14-15-16-20-23-26(27-4,28-5)25(2,3)24-21-18-17-19-22-24;/h17-19,21-22H,6-16,20,23H2,1-5H3;1H/q+1;/p-1. The number of hydroxylamine groups is 4. The number of nitrogens with zero attached hydrogens (tertiary/aromatic N) is 1. The van der Waals surface area contributed by atoms with Crippen LogP contribution in [-0.2, 0) is 15.2 Å². The van der Waals surface area contributed by atoms with Crippen molar-refractivity contribution in [3.63, 3.8) is 0 Å². The maximum absolute atomic E-state index is 5.92. The minimum Gasteiger partial charge on any atom is -1.00 e. The van der Waals surface area contributed by atoms with Gasteiger partial charge in [-0.05, 0) is 11.2 Å². The Morgan fingerprint density at radius 2 is 1.10 bits per heavy atom. The molecule has 0 radical (unpaired) electrons. The van der Waals surface area contributed by atoms with E-state index in [9.17, 15) is 0 Å². The molecule has 0 saturated carbocycles. The SMILES string of the molecule is CCCCCCCCCCCCCC[N+](OC)(OC)C(C)(C)c1ccccc1.[Cl-]. The fourth-order valence-corrected chi connectivity index (χ4v) is 4.20. The van der Waals surface area contributed by atoms with Gasteiger partial charge in [-0.1, -0.05) is 101 Å². The lowest BCUT2D eigenvalue weighted by Gasteiger charge is -2.42. The number of benzene rings is 1. The second-order valence-corrected chi connectivity index (χ2v) is 8.58. The summed E-state index contributed by atoms with van der Waals surface area (Å²) in [4.78, 5) is 12.0. The Morgan fingerprint density at radius 3 is 1.52 bits per heavy atom. The van der Waals surface area contributed by atoms with Crippen molar-refractivity contribution in [2.45, 2.75) is 103 Å². The quantitative estimate of drug-likeness (QED) is 0.206. The highest BCUT2D eigenvalue weighted by atomic mass is 35.5. The van der Waals surface area contributed by atoms with E-state index in [1.165, 1.54) is 76.2 Å². The molecule has 0 heterocycles. The summed E-state index contributed by atoms with van der Waals surface area (Å²) in [6, 6.07) is 10.5. The van der Waals surface area contributed by atoms with Crippen molar-refractivity contribution in [3.8, 4) is 0 Å².